The zero-order valence-corrected chi connectivity index (χ0v) is 30.9. The summed E-state index contributed by atoms with van der Waals surface area (Å²) in [5.74, 6) is 0. The minimum atomic E-state index is -2.92. The van der Waals surface area contributed by atoms with Crippen LogP contribution in [0.4, 0.5) is 17.1 Å². The highest BCUT2D eigenvalue weighted by molar-refractivity contribution is 7.20. The summed E-state index contributed by atoms with van der Waals surface area (Å²) in [5.41, 5.74) is 7.52. The Balaban J connectivity index is 1.28. The molecule has 1 heterocycles. The lowest BCUT2D eigenvalue weighted by atomic mass is 10.1. The van der Waals surface area contributed by atoms with Crippen molar-refractivity contribution < 1.29 is 0 Å². The van der Waals surface area contributed by atoms with Crippen LogP contribution < -0.4 is 25.6 Å². The molecule has 9 aromatic rings. The van der Waals surface area contributed by atoms with Crippen LogP contribution in [0.3, 0.4) is 0 Å². The third kappa shape index (κ3) is 5.77. The summed E-state index contributed by atoms with van der Waals surface area (Å²) in [5, 5.41) is 26.7. The van der Waals surface area contributed by atoms with Crippen molar-refractivity contribution in [2.75, 3.05) is 4.90 Å². The van der Waals surface area contributed by atoms with Crippen molar-refractivity contribution in [2.45, 2.75) is 0 Å². The maximum Gasteiger partial charge on any atom is 0.179 e. The Morgan fingerprint density at radius 1 is 0.382 bits per heavy atom. The molecule has 0 amide bonds. The van der Waals surface area contributed by atoms with Crippen LogP contribution >= 0.6 is 0 Å². The van der Waals surface area contributed by atoms with Crippen LogP contribution in [0.5, 0.6) is 0 Å². The van der Waals surface area contributed by atoms with Gasteiger partial charge in [0, 0.05) is 33.5 Å². The fourth-order valence-corrected chi connectivity index (χ4v) is 12.9. The van der Waals surface area contributed by atoms with Gasteiger partial charge in [0.1, 0.15) is 0 Å². The summed E-state index contributed by atoms with van der Waals surface area (Å²) < 4.78 is 2.37. The quantitative estimate of drug-likeness (QED) is 0.116. The summed E-state index contributed by atoms with van der Waals surface area (Å²) in [4.78, 5) is 2.17. The molecule has 1 aromatic heterocycles. The van der Waals surface area contributed by atoms with Crippen molar-refractivity contribution >= 4 is 67.7 Å². The average molecular weight is 719 g/mol. The SMILES string of the molecule is N#Cc1ccc(N(c2ccc(C#N)cc2)c2ccc([Si](c3ccccc3)(c3ccccc3)c3ccc4c(c3)c3ccccc3n4-c3ccccc3)cc2)cc1. The molecule has 0 bridgehead atoms. The molecule has 0 aliphatic carbocycles. The van der Waals surface area contributed by atoms with Crippen LogP contribution in [0, 0.1) is 22.7 Å². The molecule has 0 fully saturated rings. The van der Waals surface area contributed by atoms with Gasteiger partial charge in [-0.25, -0.2) is 0 Å². The number of fused-ring (bicyclic) bond motifs is 3. The second-order valence-electron chi connectivity index (χ2n) is 13.6. The van der Waals surface area contributed by atoms with E-state index in [2.05, 4.69) is 179 Å². The Morgan fingerprint density at radius 2 is 0.800 bits per heavy atom. The second kappa shape index (κ2) is 14.2. The van der Waals surface area contributed by atoms with Gasteiger partial charge < -0.3 is 9.47 Å². The number of para-hydroxylation sites is 2. The summed E-state index contributed by atoms with van der Waals surface area (Å²) in [7, 11) is -2.92. The molecule has 4 nitrogen and oxygen atoms in total. The molecular weight excluding hydrogens is 685 g/mol. The fraction of sp³-hybridized carbons (Fsp3) is 0. The molecule has 5 heteroatoms. The first kappa shape index (κ1) is 33.4. The molecule has 258 valence electrons. The Kier molecular flexibility index (Phi) is 8.61. The van der Waals surface area contributed by atoms with Gasteiger partial charge in [0.15, 0.2) is 8.07 Å². The van der Waals surface area contributed by atoms with Gasteiger partial charge in [-0.1, -0.05) is 121 Å². The Morgan fingerprint density at radius 3 is 1.33 bits per heavy atom. The standard InChI is InChI=1S/C50H34N4Si/c51-35-37-20-24-40(25-21-37)53(41-26-22-38(36-52)23-27-41)42-28-30-45(31-29-42)55(43-14-6-2-7-15-43,44-16-8-3-9-17-44)46-32-33-50-48(34-46)47-18-10-11-19-49(47)54(50)39-12-4-1-5-13-39/h1-34H. The zero-order chi connectivity index (χ0) is 37.2. The second-order valence-corrected chi connectivity index (χ2v) is 17.4. The van der Waals surface area contributed by atoms with E-state index < -0.39 is 8.07 Å². The summed E-state index contributed by atoms with van der Waals surface area (Å²) in [6.45, 7) is 0. The summed E-state index contributed by atoms with van der Waals surface area (Å²) in [6.07, 6.45) is 0. The number of benzene rings is 8. The van der Waals surface area contributed by atoms with E-state index in [1.54, 1.807) is 0 Å². The van der Waals surface area contributed by atoms with E-state index >= 15 is 0 Å². The third-order valence-electron chi connectivity index (χ3n) is 10.6. The van der Waals surface area contributed by atoms with Gasteiger partial charge in [-0.05, 0) is 106 Å². The minimum Gasteiger partial charge on any atom is -0.311 e. The van der Waals surface area contributed by atoms with Crippen LogP contribution in [0.2, 0.25) is 0 Å². The highest BCUT2D eigenvalue weighted by atomic mass is 28.3. The van der Waals surface area contributed by atoms with Crippen molar-refractivity contribution in [3.63, 3.8) is 0 Å². The number of rotatable bonds is 8. The molecule has 0 aliphatic rings. The molecule has 0 aliphatic heterocycles. The monoisotopic (exact) mass is 718 g/mol. The van der Waals surface area contributed by atoms with Gasteiger partial charge in [-0.2, -0.15) is 10.5 Å². The highest BCUT2D eigenvalue weighted by Gasteiger charge is 2.41. The first-order valence-corrected chi connectivity index (χ1v) is 20.3. The summed E-state index contributed by atoms with van der Waals surface area (Å²) in [6, 6.07) is 77.2. The normalized spacial score (nSPS) is 11.2. The van der Waals surface area contributed by atoms with E-state index in [-0.39, 0.29) is 0 Å². The van der Waals surface area contributed by atoms with E-state index in [4.69, 9.17) is 0 Å². The molecule has 0 N–H and O–H groups in total. The molecule has 9 rings (SSSR count). The molecule has 0 unspecified atom stereocenters. The van der Waals surface area contributed by atoms with Gasteiger partial charge >= 0.3 is 0 Å². The van der Waals surface area contributed by atoms with Gasteiger partial charge in [0.05, 0.1) is 34.3 Å². The average Bonchev–Trinajstić information content (AvgIpc) is 3.60. The van der Waals surface area contributed by atoms with E-state index in [1.807, 2.05) is 48.5 Å². The van der Waals surface area contributed by atoms with Crippen LogP contribution in [-0.4, -0.2) is 12.6 Å². The van der Waals surface area contributed by atoms with Gasteiger partial charge in [0.2, 0.25) is 0 Å². The zero-order valence-electron chi connectivity index (χ0n) is 29.9. The van der Waals surface area contributed by atoms with Crippen molar-refractivity contribution in [1.29, 1.82) is 10.5 Å². The molecule has 55 heavy (non-hydrogen) atoms. The van der Waals surface area contributed by atoms with E-state index in [1.165, 1.54) is 42.6 Å². The number of nitrogens with zero attached hydrogens (tertiary/aromatic N) is 4. The number of aromatic nitrogens is 1. The van der Waals surface area contributed by atoms with Crippen LogP contribution in [0.15, 0.2) is 206 Å². The topological polar surface area (TPSA) is 55.8 Å². The minimum absolute atomic E-state index is 0.601. The maximum atomic E-state index is 9.52. The van der Waals surface area contributed by atoms with Crippen molar-refractivity contribution in [2.24, 2.45) is 0 Å². The third-order valence-corrected chi connectivity index (χ3v) is 15.4. The maximum absolute atomic E-state index is 9.52. The van der Waals surface area contributed by atoms with Crippen LogP contribution in [-0.2, 0) is 0 Å². The molecule has 0 atom stereocenters. The number of hydrogen-bond donors (Lipinski definition) is 0. The molecule has 0 saturated carbocycles. The predicted octanol–water partition coefficient (Wildman–Crippen LogP) is 9.37. The lowest BCUT2D eigenvalue weighted by Gasteiger charge is -2.35. The Hall–Kier alpha value is -7.44. The van der Waals surface area contributed by atoms with E-state index in [9.17, 15) is 10.5 Å². The van der Waals surface area contributed by atoms with Crippen LogP contribution in [0.25, 0.3) is 27.5 Å². The number of nitriles is 2. The largest absolute Gasteiger partial charge is 0.311 e. The lowest BCUT2D eigenvalue weighted by Crippen LogP contribution is -2.74. The first-order chi connectivity index (χ1) is 27.2. The van der Waals surface area contributed by atoms with Gasteiger partial charge in [-0.3, -0.25) is 0 Å². The van der Waals surface area contributed by atoms with Crippen LogP contribution in [0.1, 0.15) is 11.1 Å². The highest BCUT2D eigenvalue weighted by Crippen LogP contribution is 2.35. The van der Waals surface area contributed by atoms with Crippen molar-refractivity contribution in [1.82, 2.24) is 4.57 Å². The molecule has 8 aromatic carbocycles. The predicted molar refractivity (Wildman–Crippen MR) is 229 cm³/mol. The number of anilines is 3. The summed E-state index contributed by atoms with van der Waals surface area (Å²) >= 11 is 0. The van der Waals surface area contributed by atoms with E-state index in [0.29, 0.717) is 11.1 Å². The van der Waals surface area contributed by atoms with Crippen molar-refractivity contribution in [3.05, 3.63) is 217 Å². The van der Waals surface area contributed by atoms with Gasteiger partial charge in [0.25, 0.3) is 0 Å². The van der Waals surface area contributed by atoms with E-state index in [0.717, 1.165) is 22.7 Å². The lowest BCUT2D eigenvalue weighted by molar-refractivity contribution is 1.18. The molecule has 0 spiro atoms. The Labute approximate surface area is 321 Å². The Bertz CT molecular complexity index is 2760. The molecule has 0 saturated heterocycles. The van der Waals surface area contributed by atoms with Crippen molar-refractivity contribution in [3.8, 4) is 17.8 Å². The molecule has 0 radical (unpaired) electrons. The van der Waals surface area contributed by atoms with Gasteiger partial charge in [-0.15, -0.1) is 0 Å². The fourth-order valence-electron chi connectivity index (χ4n) is 8.12. The smallest absolute Gasteiger partial charge is 0.179 e. The number of hydrogen-bond acceptors (Lipinski definition) is 3. The first-order valence-electron chi connectivity index (χ1n) is 18.3. The molecular formula is C50H34N4Si.